The number of carbonyl (C=O) groups is 2. The summed E-state index contributed by atoms with van der Waals surface area (Å²) in [7, 11) is 3.90. The van der Waals surface area contributed by atoms with Gasteiger partial charge >= 0.3 is 0 Å². The van der Waals surface area contributed by atoms with Gasteiger partial charge in [-0.2, -0.15) is 0 Å². The topological polar surface area (TPSA) is 70.1 Å². The molecule has 0 saturated carbocycles. The Hall–Kier alpha value is -2.64. The van der Waals surface area contributed by atoms with Crippen LogP contribution in [0.15, 0.2) is 58.6 Å². The molecule has 2 aliphatic heterocycles. The smallest absolute Gasteiger partial charge is 0.295 e. The first-order valence-electron chi connectivity index (χ1n) is 10.3. The minimum Gasteiger partial charge on any atom is -0.507 e. The third kappa shape index (κ3) is 4.25. The molecule has 0 aromatic heterocycles. The van der Waals surface area contributed by atoms with Gasteiger partial charge in [-0.1, -0.05) is 40.2 Å². The van der Waals surface area contributed by atoms with E-state index in [1.165, 1.54) is 0 Å². The fourth-order valence-electron chi connectivity index (χ4n) is 4.14. The lowest BCUT2D eigenvalue weighted by Crippen LogP contribution is -2.36. The van der Waals surface area contributed by atoms with E-state index in [4.69, 9.17) is 4.74 Å². The number of aliphatic hydroxyl groups excluding tert-OH is 1. The van der Waals surface area contributed by atoms with Crippen molar-refractivity contribution in [2.45, 2.75) is 25.0 Å². The molecule has 1 amide bonds. The van der Waals surface area contributed by atoms with Crippen LogP contribution >= 0.6 is 15.9 Å². The average Bonchev–Trinajstić information content (AvgIpc) is 3.36. The molecule has 2 aliphatic rings. The molecular formula is C24H25BrN2O4. The maximum Gasteiger partial charge on any atom is 0.295 e. The summed E-state index contributed by atoms with van der Waals surface area (Å²) < 4.78 is 6.59. The number of amides is 1. The van der Waals surface area contributed by atoms with E-state index < -0.39 is 17.7 Å². The van der Waals surface area contributed by atoms with Crippen LogP contribution in [-0.2, 0) is 14.3 Å². The van der Waals surface area contributed by atoms with E-state index >= 15 is 0 Å². The van der Waals surface area contributed by atoms with Gasteiger partial charge in [0.1, 0.15) is 5.76 Å². The van der Waals surface area contributed by atoms with Gasteiger partial charge < -0.3 is 19.6 Å². The number of nitrogens with zero attached hydrogens (tertiary/aromatic N) is 2. The van der Waals surface area contributed by atoms with Gasteiger partial charge in [-0.3, -0.25) is 9.59 Å². The van der Waals surface area contributed by atoms with E-state index in [1.807, 2.05) is 43.3 Å². The number of rotatable bonds is 5. The lowest BCUT2D eigenvalue weighted by Gasteiger charge is -2.28. The van der Waals surface area contributed by atoms with Crippen LogP contribution in [0.2, 0.25) is 0 Å². The molecule has 6 nitrogen and oxygen atoms in total. The molecule has 0 unspecified atom stereocenters. The Kier molecular flexibility index (Phi) is 6.16. The van der Waals surface area contributed by atoms with Crippen LogP contribution in [-0.4, -0.2) is 55.0 Å². The van der Waals surface area contributed by atoms with E-state index in [-0.39, 0.29) is 17.4 Å². The summed E-state index contributed by atoms with van der Waals surface area (Å²) in [6, 6.07) is 14.1. The normalized spacial score (nSPS) is 22.9. The van der Waals surface area contributed by atoms with Gasteiger partial charge in [-0.15, -0.1) is 0 Å². The van der Waals surface area contributed by atoms with Crippen LogP contribution in [0.1, 0.15) is 30.0 Å². The van der Waals surface area contributed by atoms with Gasteiger partial charge in [-0.25, -0.2) is 0 Å². The number of anilines is 1. The standard InChI is InChI=1S/C24H25BrN2O4/c1-26(2)18-11-7-15(8-12-18)21-20(22(28)16-5-9-17(25)10-6-16)23(29)24(30)27(21)14-19-4-3-13-31-19/h5-12,19,21,28H,3-4,13-14H2,1-2H3/t19-,21-/m1/s1. The molecule has 2 atom stereocenters. The minimum absolute atomic E-state index is 0.102. The average molecular weight is 485 g/mol. The number of carbonyl (C=O) groups excluding carboxylic acids is 2. The fraction of sp³-hybridized carbons (Fsp3) is 0.333. The van der Waals surface area contributed by atoms with Crippen molar-refractivity contribution in [2.75, 3.05) is 32.1 Å². The maximum absolute atomic E-state index is 13.1. The summed E-state index contributed by atoms with van der Waals surface area (Å²) in [5, 5.41) is 11.1. The highest BCUT2D eigenvalue weighted by Crippen LogP contribution is 2.40. The summed E-state index contributed by atoms with van der Waals surface area (Å²) in [4.78, 5) is 29.6. The van der Waals surface area contributed by atoms with Crippen molar-refractivity contribution in [3.8, 4) is 0 Å². The molecule has 2 saturated heterocycles. The molecule has 2 aromatic carbocycles. The molecule has 2 aromatic rings. The number of likely N-dealkylation sites (tertiary alicyclic amines) is 1. The number of ether oxygens (including phenoxy) is 1. The Bertz CT molecular complexity index is 1010. The first-order chi connectivity index (χ1) is 14.9. The first kappa shape index (κ1) is 21.6. The van der Waals surface area contributed by atoms with Crippen LogP contribution in [0, 0.1) is 0 Å². The zero-order chi connectivity index (χ0) is 22.1. The molecule has 4 rings (SSSR count). The van der Waals surface area contributed by atoms with Gasteiger partial charge in [0.25, 0.3) is 11.7 Å². The Morgan fingerprint density at radius 1 is 1.13 bits per heavy atom. The third-order valence-electron chi connectivity index (χ3n) is 5.81. The summed E-state index contributed by atoms with van der Waals surface area (Å²) in [6.45, 7) is 0.984. The zero-order valence-corrected chi connectivity index (χ0v) is 19.1. The van der Waals surface area contributed by atoms with Crippen molar-refractivity contribution in [1.29, 1.82) is 0 Å². The molecule has 31 heavy (non-hydrogen) atoms. The first-order valence-corrected chi connectivity index (χ1v) is 11.1. The highest BCUT2D eigenvalue weighted by Gasteiger charge is 2.47. The van der Waals surface area contributed by atoms with Crippen LogP contribution in [0.25, 0.3) is 5.76 Å². The van der Waals surface area contributed by atoms with E-state index in [0.29, 0.717) is 18.7 Å². The Morgan fingerprint density at radius 3 is 2.39 bits per heavy atom. The van der Waals surface area contributed by atoms with Crippen molar-refractivity contribution in [3.63, 3.8) is 0 Å². The highest BCUT2D eigenvalue weighted by atomic mass is 79.9. The lowest BCUT2D eigenvalue weighted by molar-refractivity contribution is -0.140. The number of ketones is 1. The fourth-order valence-corrected chi connectivity index (χ4v) is 4.40. The Balaban J connectivity index is 1.80. The summed E-state index contributed by atoms with van der Waals surface area (Å²) in [5.74, 6) is -1.43. The van der Waals surface area contributed by atoms with E-state index in [1.54, 1.807) is 29.2 Å². The van der Waals surface area contributed by atoms with E-state index in [0.717, 1.165) is 28.6 Å². The molecule has 7 heteroatoms. The van der Waals surface area contributed by atoms with Crippen molar-refractivity contribution < 1.29 is 19.4 Å². The van der Waals surface area contributed by atoms with Crippen molar-refractivity contribution in [3.05, 3.63) is 69.7 Å². The molecule has 0 radical (unpaired) electrons. The van der Waals surface area contributed by atoms with Gasteiger partial charge in [0.05, 0.1) is 17.7 Å². The molecular weight excluding hydrogens is 460 g/mol. The van der Waals surface area contributed by atoms with Crippen LogP contribution in [0.4, 0.5) is 5.69 Å². The van der Waals surface area contributed by atoms with Crippen molar-refractivity contribution in [2.24, 2.45) is 0 Å². The van der Waals surface area contributed by atoms with E-state index in [9.17, 15) is 14.7 Å². The number of aliphatic hydroxyl groups is 1. The van der Waals surface area contributed by atoms with Gasteiger partial charge in [0.2, 0.25) is 0 Å². The largest absolute Gasteiger partial charge is 0.507 e. The van der Waals surface area contributed by atoms with Gasteiger partial charge in [0.15, 0.2) is 0 Å². The Labute approximate surface area is 190 Å². The second kappa shape index (κ2) is 8.85. The molecule has 0 spiro atoms. The second-order valence-electron chi connectivity index (χ2n) is 8.08. The number of halogens is 1. The van der Waals surface area contributed by atoms with Crippen molar-refractivity contribution >= 4 is 39.1 Å². The molecule has 2 fully saturated rings. The number of benzene rings is 2. The van der Waals surface area contributed by atoms with Gasteiger partial charge in [0, 0.05) is 43.0 Å². The third-order valence-corrected chi connectivity index (χ3v) is 6.34. The maximum atomic E-state index is 13.1. The van der Waals surface area contributed by atoms with Gasteiger partial charge in [-0.05, 0) is 42.7 Å². The SMILES string of the molecule is CN(C)c1ccc([C@@H]2C(=C(O)c3ccc(Br)cc3)C(=O)C(=O)N2C[C@H]2CCCO2)cc1. The van der Waals surface area contributed by atoms with Crippen LogP contribution in [0.3, 0.4) is 0 Å². The van der Waals surface area contributed by atoms with Crippen LogP contribution in [0.5, 0.6) is 0 Å². The Morgan fingerprint density at radius 2 is 1.81 bits per heavy atom. The van der Waals surface area contributed by atoms with Crippen molar-refractivity contribution in [1.82, 2.24) is 4.90 Å². The predicted octanol–water partition coefficient (Wildman–Crippen LogP) is 4.12. The quantitative estimate of drug-likeness (QED) is 0.392. The monoisotopic (exact) mass is 484 g/mol. The summed E-state index contributed by atoms with van der Waals surface area (Å²) >= 11 is 3.38. The predicted molar refractivity (Wildman–Crippen MR) is 123 cm³/mol. The number of hydrogen-bond donors (Lipinski definition) is 1. The molecule has 0 bridgehead atoms. The highest BCUT2D eigenvalue weighted by molar-refractivity contribution is 9.10. The lowest BCUT2D eigenvalue weighted by atomic mass is 9.95. The molecule has 162 valence electrons. The number of Topliss-reactive ketones (excluding diaryl/α,β-unsaturated/α-hetero) is 1. The van der Waals surface area contributed by atoms with Crippen LogP contribution < -0.4 is 4.90 Å². The van der Waals surface area contributed by atoms with E-state index in [2.05, 4.69) is 15.9 Å². The minimum atomic E-state index is -0.667. The molecule has 0 aliphatic carbocycles. The summed E-state index contributed by atoms with van der Waals surface area (Å²) in [5.41, 5.74) is 2.39. The molecule has 2 heterocycles. The molecule has 1 N–H and O–H groups in total. The summed E-state index contributed by atoms with van der Waals surface area (Å²) in [6.07, 6.45) is 1.69. The zero-order valence-electron chi connectivity index (χ0n) is 17.5. The second-order valence-corrected chi connectivity index (χ2v) is 9.00. The number of hydrogen-bond acceptors (Lipinski definition) is 5.